The molecule has 3 aromatic rings. The Hall–Kier alpha value is 2.65. The molecule has 3 aliphatic heterocycles. The minimum Gasteiger partial charge on any atom is -1.00 e. The van der Waals surface area contributed by atoms with E-state index in [0.717, 1.165) is 24.8 Å². The van der Waals surface area contributed by atoms with Gasteiger partial charge in [-0.05, 0) is 49.7 Å². The van der Waals surface area contributed by atoms with Crippen LogP contribution < -0.4 is 38.0 Å². The molecule has 424 valence electrons. The maximum atomic E-state index is 11.5. The quantitative estimate of drug-likeness (QED) is 0.0905. The predicted octanol–water partition coefficient (Wildman–Crippen LogP) is 6.30. The molecule has 3 N–H and O–H groups in total. The molecule has 24 nitrogen and oxygen atoms in total. The van der Waals surface area contributed by atoms with Gasteiger partial charge in [0.15, 0.2) is 0 Å². The van der Waals surface area contributed by atoms with E-state index in [1.165, 1.54) is 43.5 Å². The molecule has 3 aromatic carbocycles. The molecule has 3 aliphatic rings. The van der Waals surface area contributed by atoms with Crippen LogP contribution in [0.15, 0.2) is 84.9 Å². The van der Waals surface area contributed by atoms with Gasteiger partial charge in [0, 0.05) is 55.2 Å². The second kappa shape index (κ2) is 44.1. The van der Waals surface area contributed by atoms with Gasteiger partial charge in [0.1, 0.15) is 25.1 Å². The third-order valence-corrected chi connectivity index (χ3v) is 13.1. The van der Waals surface area contributed by atoms with Crippen LogP contribution in [0.2, 0.25) is 0 Å². The summed E-state index contributed by atoms with van der Waals surface area (Å²) >= 11 is 0. The fourth-order valence-electron chi connectivity index (χ4n) is 4.81. The van der Waals surface area contributed by atoms with Crippen molar-refractivity contribution in [3.8, 4) is 17.2 Å². The van der Waals surface area contributed by atoms with Crippen molar-refractivity contribution in [2.45, 2.75) is 93.9 Å². The van der Waals surface area contributed by atoms with E-state index >= 15 is 0 Å². The van der Waals surface area contributed by atoms with Gasteiger partial charge < -0.3 is 74.4 Å². The second-order valence-corrected chi connectivity index (χ2v) is 26.0. The Morgan fingerprint density at radius 3 is 1.19 bits per heavy atom. The number of rotatable bonds is 14. The van der Waals surface area contributed by atoms with E-state index in [0.29, 0.717) is 0 Å². The molecule has 3 heterocycles. The Bertz CT molecular complexity index is 2210. The van der Waals surface area contributed by atoms with E-state index < -0.39 is 46.9 Å². The molecule has 0 bridgehead atoms. The zero-order valence-corrected chi connectivity index (χ0v) is 63.4. The van der Waals surface area contributed by atoms with Gasteiger partial charge in [0.2, 0.25) is 0 Å². The molecular formula is C42H70CaMg3O24P6Zn2. The van der Waals surface area contributed by atoms with Crippen LogP contribution in [0.3, 0.4) is 0 Å². The van der Waals surface area contributed by atoms with Crippen LogP contribution in [-0.4, -0.2) is 168 Å². The van der Waals surface area contributed by atoms with Crippen molar-refractivity contribution in [1.29, 1.82) is 0 Å². The SMILES string of the molecule is CC1(C)COP(=O)(O)OC1.CC1(C)COP(=O)([O-])OC1.CC1(C)COP(=O)([O-])OC1.CCCCCCCCOP(=O)([O-])Oc1ccccc1.Cc1ccc(OP(=O)([O-])[O-])cc1.O=P(O)(O)Oc1ccccc1.[Ca+2].[H-].[H-].[H-].[Mg+2].[Mg+2].[Mg+2].[Zn].[Zn]. The minimum atomic E-state index is -4.90. The molecular weight excluding hydrogens is 1320 g/mol. The molecule has 0 aromatic heterocycles. The largest absolute Gasteiger partial charge is 2.00 e. The maximum Gasteiger partial charge on any atom is 2.00 e. The average Bonchev–Trinajstić information content (AvgIpc) is 3.26. The van der Waals surface area contributed by atoms with Crippen molar-refractivity contribution in [3.05, 3.63) is 90.5 Å². The van der Waals surface area contributed by atoms with Gasteiger partial charge >= 0.3 is 130 Å². The molecule has 3 saturated heterocycles. The summed E-state index contributed by atoms with van der Waals surface area (Å²) in [7, 11) is -25.0. The van der Waals surface area contributed by atoms with Crippen LogP contribution in [0.5, 0.6) is 17.2 Å². The topological polar surface area (TPSA) is 371 Å². The second-order valence-electron chi connectivity index (χ2n) is 18.2. The van der Waals surface area contributed by atoms with Crippen molar-refractivity contribution in [1.82, 2.24) is 0 Å². The predicted molar refractivity (Wildman–Crippen MR) is 281 cm³/mol. The molecule has 0 spiro atoms. The minimum absolute atomic E-state index is 0. The average molecular weight is 1390 g/mol. The van der Waals surface area contributed by atoms with E-state index in [1.54, 1.807) is 60.7 Å². The van der Waals surface area contributed by atoms with Crippen molar-refractivity contribution in [2.75, 3.05) is 46.2 Å². The molecule has 3 fully saturated rings. The molecule has 0 radical (unpaired) electrons. The normalized spacial score (nSPS) is 18.2. The van der Waals surface area contributed by atoms with Crippen LogP contribution in [0.4, 0.5) is 0 Å². The smallest absolute Gasteiger partial charge is 1.00 e. The van der Waals surface area contributed by atoms with Gasteiger partial charge in [-0.25, -0.2) is 9.13 Å². The fraction of sp³-hybridized carbons (Fsp3) is 0.571. The van der Waals surface area contributed by atoms with Crippen LogP contribution in [0.1, 0.15) is 96.8 Å². The third-order valence-electron chi connectivity index (χ3n) is 8.60. The first kappa shape index (κ1) is 91.8. The molecule has 0 saturated carbocycles. The van der Waals surface area contributed by atoms with Crippen molar-refractivity contribution in [2.24, 2.45) is 16.2 Å². The number of para-hydroxylation sites is 2. The van der Waals surface area contributed by atoms with E-state index in [2.05, 4.69) is 43.1 Å². The van der Waals surface area contributed by atoms with Crippen LogP contribution in [-0.2, 0) is 98.0 Å². The summed E-state index contributed by atoms with van der Waals surface area (Å²) in [6.07, 6.45) is 6.50. The Morgan fingerprint density at radius 1 is 0.551 bits per heavy atom. The van der Waals surface area contributed by atoms with E-state index in [-0.39, 0.29) is 230 Å². The number of aryl methyl sites for hydroxylation is 1. The summed E-state index contributed by atoms with van der Waals surface area (Å²) in [5.74, 6) is 0.499. The van der Waals surface area contributed by atoms with Gasteiger partial charge in [0.05, 0.1) is 46.2 Å². The summed E-state index contributed by atoms with van der Waals surface area (Å²) in [5.41, 5.74) is 0.460. The van der Waals surface area contributed by atoms with E-state index in [1.807, 2.05) is 48.5 Å². The molecule has 0 amide bonds. The number of phosphoric ester groups is 6. The molecule has 6 rings (SSSR count). The van der Waals surface area contributed by atoms with Crippen molar-refractivity contribution in [3.63, 3.8) is 0 Å². The number of benzene rings is 3. The van der Waals surface area contributed by atoms with Crippen LogP contribution >= 0.6 is 46.9 Å². The monoisotopic (exact) mass is 1380 g/mol. The number of hydrogen-bond donors (Lipinski definition) is 3. The number of hydrogen-bond acceptors (Lipinski definition) is 21. The Balaban J connectivity index is -0.000000109. The zero-order valence-electron chi connectivity index (χ0n) is 48.6. The third kappa shape index (κ3) is 51.8. The van der Waals surface area contributed by atoms with Crippen LogP contribution in [0.25, 0.3) is 0 Å². The van der Waals surface area contributed by atoms with Gasteiger partial charge in [-0.2, -0.15) is 0 Å². The molecule has 36 heteroatoms. The fourth-order valence-corrected chi connectivity index (χ4v) is 9.65. The van der Waals surface area contributed by atoms with Gasteiger partial charge in [-0.3, -0.25) is 32.5 Å². The van der Waals surface area contributed by atoms with Crippen LogP contribution in [0, 0.1) is 23.2 Å². The Morgan fingerprint density at radius 2 is 0.872 bits per heavy atom. The summed E-state index contributed by atoms with van der Waals surface area (Å²) in [6.45, 7) is 17.0. The summed E-state index contributed by atoms with van der Waals surface area (Å²) < 4.78 is 109. The standard InChI is InChI=1S/C14H23O4P.C7H9O4P.C6H7O4P.3C5H11O4P.Ca.3Mg.2Zn.3H/c1-2-3-4-5-6-10-13-17-19(15,16)18-14-11-8-7-9-12-14;1-6-2-4-7(5-3-6)11-12(8,9)10;7-11(8,9)10-6-4-2-1-3-5-6;3*1-5(2)3-8-10(6,7)9-4-5;;;;;;;;;/h7-9,11-12H,2-6,10,13H2,1H3,(H,15,16);2-5H,1H3,(H2,8,9,10);1-5H,(H2,7,8,9);3*3-4H2,1-2H3,(H,6,7);;;;;;;;;/q;;;;;;4*+2;;;3*-1/p-5. The summed E-state index contributed by atoms with van der Waals surface area (Å²) in [6, 6.07) is 22.5. The Kier molecular flexibility index (Phi) is 52.0. The summed E-state index contributed by atoms with van der Waals surface area (Å²) in [4.78, 5) is 78.3. The van der Waals surface area contributed by atoms with Crippen molar-refractivity contribution < 1.29 is 155 Å². The zero-order chi connectivity index (χ0) is 55.0. The Labute approximate surface area is 566 Å². The molecule has 78 heavy (non-hydrogen) atoms. The molecule has 1 atom stereocenters. The number of phosphoric acid groups is 6. The first-order chi connectivity index (χ1) is 32.9. The first-order valence-corrected chi connectivity index (χ1v) is 30.9. The van der Waals surface area contributed by atoms with E-state index in [9.17, 15) is 51.9 Å². The number of unbranched alkanes of at least 4 members (excludes halogenated alkanes) is 5. The first-order valence-electron chi connectivity index (χ1n) is 22.0. The van der Waals surface area contributed by atoms with Gasteiger partial charge in [0.25, 0.3) is 15.6 Å². The van der Waals surface area contributed by atoms with E-state index in [4.69, 9.17) is 23.7 Å². The molecule has 1 unspecified atom stereocenters. The van der Waals surface area contributed by atoms with Crippen molar-refractivity contribution >= 4 is 154 Å². The summed E-state index contributed by atoms with van der Waals surface area (Å²) in [5, 5.41) is 0. The maximum absolute atomic E-state index is 11.5. The van der Waals surface area contributed by atoms with Gasteiger partial charge in [-0.1, -0.05) is 135 Å². The molecule has 0 aliphatic carbocycles. The van der Waals surface area contributed by atoms with Gasteiger partial charge in [-0.15, -0.1) is 0 Å².